The molecular formula is C19H24BrNO. The molecule has 3 heteroatoms. The minimum absolute atomic E-state index is 0.658. The number of nitrogens with one attached hydrogen (secondary N) is 1. The van der Waals surface area contributed by atoms with Gasteiger partial charge in [-0.2, -0.15) is 0 Å². The molecule has 0 atom stereocenters. The topological polar surface area (TPSA) is 25.2 Å². The number of hydrogen-bond donors (Lipinski definition) is 1. The Labute approximate surface area is 141 Å². The first kappa shape index (κ1) is 15.8. The van der Waals surface area contributed by atoms with E-state index in [2.05, 4.69) is 58.5 Å². The Morgan fingerprint density at radius 3 is 2.59 bits per heavy atom. The lowest BCUT2D eigenvalue weighted by Crippen LogP contribution is -2.27. The molecule has 0 amide bonds. The fraction of sp³-hybridized carbons (Fsp3) is 0.474. The van der Waals surface area contributed by atoms with E-state index in [9.17, 15) is 0 Å². The molecule has 22 heavy (non-hydrogen) atoms. The average Bonchev–Trinajstić information content (AvgIpc) is 2.83. The first-order valence-corrected chi connectivity index (χ1v) is 9.10. The van der Waals surface area contributed by atoms with Crippen molar-refractivity contribution in [1.82, 2.24) is 5.32 Å². The summed E-state index contributed by atoms with van der Waals surface area (Å²) in [7, 11) is 0. The zero-order valence-electron chi connectivity index (χ0n) is 13.2. The molecule has 118 valence electrons. The quantitative estimate of drug-likeness (QED) is 0.692. The Morgan fingerprint density at radius 1 is 1.09 bits per heavy atom. The molecule has 1 fully saturated rings. The average molecular weight is 362 g/mol. The largest absolute Gasteiger partial charge is 0.460 e. The maximum Gasteiger partial charge on any atom is 0.134 e. The molecule has 1 N–H and O–H groups in total. The highest BCUT2D eigenvalue weighted by atomic mass is 79.9. The van der Waals surface area contributed by atoms with E-state index in [1.54, 1.807) is 0 Å². The van der Waals surface area contributed by atoms with E-state index in [0.29, 0.717) is 6.04 Å². The maximum atomic E-state index is 6.01. The molecule has 1 saturated carbocycles. The van der Waals surface area contributed by atoms with Crippen molar-refractivity contribution in [3.8, 4) is 11.3 Å². The van der Waals surface area contributed by atoms with Crippen LogP contribution in [0.4, 0.5) is 0 Å². The maximum absolute atomic E-state index is 6.01. The van der Waals surface area contributed by atoms with Crippen molar-refractivity contribution < 1.29 is 4.42 Å². The van der Waals surface area contributed by atoms with Crippen molar-refractivity contribution in [2.45, 2.75) is 58.0 Å². The lowest BCUT2D eigenvalue weighted by molar-refractivity contribution is 0.420. The van der Waals surface area contributed by atoms with E-state index in [4.69, 9.17) is 4.42 Å². The second kappa shape index (κ2) is 7.47. The molecule has 0 radical (unpaired) electrons. The van der Waals surface area contributed by atoms with Gasteiger partial charge in [0.15, 0.2) is 0 Å². The van der Waals surface area contributed by atoms with Crippen LogP contribution < -0.4 is 5.32 Å². The van der Waals surface area contributed by atoms with Crippen LogP contribution in [0.1, 0.15) is 49.8 Å². The SMILES string of the molecule is Cc1cc(-c2ccc(CNC3CCCCCC3)o2)ccc1Br. The minimum atomic E-state index is 0.658. The zero-order chi connectivity index (χ0) is 15.4. The Balaban J connectivity index is 1.62. The third kappa shape index (κ3) is 4.02. The van der Waals surface area contributed by atoms with Crippen LogP contribution in [0.5, 0.6) is 0 Å². The van der Waals surface area contributed by atoms with Crippen LogP contribution in [0.2, 0.25) is 0 Å². The van der Waals surface area contributed by atoms with Gasteiger partial charge in [-0.15, -0.1) is 0 Å². The van der Waals surface area contributed by atoms with Gasteiger partial charge >= 0.3 is 0 Å². The molecule has 3 rings (SSSR count). The summed E-state index contributed by atoms with van der Waals surface area (Å²) in [6.07, 6.45) is 8.12. The van der Waals surface area contributed by atoms with Gasteiger partial charge in [-0.3, -0.25) is 0 Å². The first-order chi connectivity index (χ1) is 10.7. The molecule has 1 aliphatic rings. The summed E-state index contributed by atoms with van der Waals surface area (Å²) >= 11 is 3.54. The third-order valence-electron chi connectivity index (χ3n) is 4.52. The summed E-state index contributed by atoms with van der Waals surface area (Å²) in [6.45, 7) is 2.94. The fourth-order valence-electron chi connectivity index (χ4n) is 3.15. The molecule has 1 aromatic carbocycles. The van der Waals surface area contributed by atoms with Crippen LogP contribution in [0.3, 0.4) is 0 Å². The van der Waals surface area contributed by atoms with Gasteiger partial charge < -0.3 is 9.73 Å². The molecule has 2 aromatic rings. The number of aryl methyl sites for hydroxylation is 1. The lowest BCUT2D eigenvalue weighted by atomic mass is 10.1. The smallest absolute Gasteiger partial charge is 0.134 e. The van der Waals surface area contributed by atoms with Crippen molar-refractivity contribution in [3.05, 3.63) is 46.1 Å². The van der Waals surface area contributed by atoms with E-state index in [-0.39, 0.29) is 0 Å². The Bertz CT molecular complexity index is 612. The second-order valence-corrected chi connectivity index (χ2v) is 7.15. The highest BCUT2D eigenvalue weighted by Crippen LogP contribution is 2.27. The number of furan rings is 1. The summed E-state index contributed by atoms with van der Waals surface area (Å²) < 4.78 is 7.15. The van der Waals surface area contributed by atoms with Gasteiger partial charge in [0, 0.05) is 16.1 Å². The third-order valence-corrected chi connectivity index (χ3v) is 5.41. The predicted molar refractivity (Wildman–Crippen MR) is 94.9 cm³/mol. The summed E-state index contributed by atoms with van der Waals surface area (Å²) in [5.41, 5.74) is 2.37. The molecule has 0 spiro atoms. The highest BCUT2D eigenvalue weighted by molar-refractivity contribution is 9.10. The summed E-state index contributed by atoms with van der Waals surface area (Å²) in [6, 6.07) is 11.2. The van der Waals surface area contributed by atoms with E-state index >= 15 is 0 Å². The van der Waals surface area contributed by atoms with Gasteiger partial charge in [-0.25, -0.2) is 0 Å². The monoisotopic (exact) mass is 361 g/mol. The number of benzene rings is 1. The lowest BCUT2D eigenvalue weighted by Gasteiger charge is -2.14. The first-order valence-electron chi connectivity index (χ1n) is 8.31. The van der Waals surface area contributed by atoms with Crippen LogP contribution in [-0.4, -0.2) is 6.04 Å². The van der Waals surface area contributed by atoms with Crippen molar-refractivity contribution in [2.75, 3.05) is 0 Å². The molecule has 2 nitrogen and oxygen atoms in total. The Kier molecular flexibility index (Phi) is 5.37. The predicted octanol–water partition coefficient (Wildman–Crippen LogP) is 5.83. The number of halogens is 1. The normalized spacial score (nSPS) is 16.6. The summed E-state index contributed by atoms with van der Waals surface area (Å²) in [5, 5.41) is 3.66. The van der Waals surface area contributed by atoms with Crippen molar-refractivity contribution in [3.63, 3.8) is 0 Å². The van der Waals surface area contributed by atoms with Gasteiger partial charge in [0.25, 0.3) is 0 Å². The van der Waals surface area contributed by atoms with Crippen LogP contribution in [-0.2, 0) is 6.54 Å². The number of rotatable bonds is 4. The molecule has 1 aliphatic carbocycles. The van der Waals surface area contributed by atoms with E-state index in [0.717, 1.165) is 28.1 Å². The minimum Gasteiger partial charge on any atom is -0.460 e. The standard InChI is InChI=1S/C19H24BrNO/c1-14-12-15(8-10-18(14)20)19-11-9-17(22-19)13-21-16-6-4-2-3-5-7-16/h8-12,16,21H,2-7,13H2,1H3. The van der Waals surface area contributed by atoms with Crippen molar-refractivity contribution in [2.24, 2.45) is 0 Å². The van der Waals surface area contributed by atoms with Crippen LogP contribution in [0.15, 0.2) is 39.2 Å². The Hall–Kier alpha value is -1.06. The van der Waals surface area contributed by atoms with Gasteiger partial charge in [0.05, 0.1) is 6.54 Å². The van der Waals surface area contributed by atoms with Gasteiger partial charge in [-0.05, 0) is 49.6 Å². The van der Waals surface area contributed by atoms with Crippen LogP contribution >= 0.6 is 15.9 Å². The summed E-state index contributed by atoms with van der Waals surface area (Å²) in [4.78, 5) is 0. The molecule has 1 aromatic heterocycles. The fourth-order valence-corrected chi connectivity index (χ4v) is 3.40. The molecule has 0 aliphatic heterocycles. The van der Waals surface area contributed by atoms with Crippen molar-refractivity contribution in [1.29, 1.82) is 0 Å². The Morgan fingerprint density at radius 2 is 1.86 bits per heavy atom. The second-order valence-electron chi connectivity index (χ2n) is 6.30. The summed E-state index contributed by atoms with van der Waals surface area (Å²) in [5.74, 6) is 1.98. The molecule has 0 bridgehead atoms. The highest BCUT2D eigenvalue weighted by Gasteiger charge is 2.12. The zero-order valence-corrected chi connectivity index (χ0v) is 14.8. The molecular weight excluding hydrogens is 338 g/mol. The van der Waals surface area contributed by atoms with Gasteiger partial charge in [0.2, 0.25) is 0 Å². The van der Waals surface area contributed by atoms with Gasteiger partial charge in [-0.1, -0.05) is 47.7 Å². The van der Waals surface area contributed by atoms with Crippen LogP contribution in [0.25, 0.3) is 11.3 Å². The molecule has 0 unspecified atom stereocenters. The van der Waals surface area contributed by atoms with E-state index in [1.807, 2.05) is 0 Å². The number of hydrogen-bond acceptors (Lipinski definition) is 2. The van der Waals surface area contributed by atoms with Crippen molar-refractivity contribution >= 4 is 15.9 Å². The molecule has 1 heterocycles. The van der Waals surface area contributed by atoms with Crippen LogP contribution in [0, 0.1) is 6.92 Å². The molecule has 0 saturated heterocycles. The van der Waals surface area contributed by atoms with E-state index < -0.39 is 0 Å². The van der Waals surface area contributed by atoms with E-state index in [1.165, 1.54) is 44.1 Å². The van der Waals surface area contributed by atoms with Gasteiger partial charge in [0.1, 0.15) is 11.5 Å².